The summed E-state index contributed by atoms with van der Waals surface area (Å²) >= 11 is 0. The lowest BCUT2D eigenvalue weighted by molar-refractivity contribution is -0.123. The van der Waals surface area contributed by atoms with Gasteiger partial charge < -0.3 is 25.3 Å². The zero-order chi connectivity index (χ0) is 18.2. The Balaban J connectivity index is 1.95. The molecule has 0 radical (unpaired) electrons. The highest BCUT2D eigenvalue weighted by Crippen LogP contribution is 2.34. The fourth-order valence-corrected chi connectivity index (χ4v) is 3.43. The number of carbonyl (C=O) groups excluding carboxylic acids is 1. The summed E-state index contributed by atoms with van der Waals surface area (Å²) in [6.07, 6.45) is 6.94. The van der Waals surface area contributed by atoms with Crippen LogP contribution in [0.3, 0.4) is 0 Å². The molecular weight excluding hydrogens is 320 g/mol. The minimum absolute atomic E-state index is 0.123. The third kappa shape index (κ3) is 5.26. The second kappa shape index (κ2) is 9.51. The second-order valence-electron chi connectivity index (χ2n) is 6.58. The molecule has 3 N–H and O–H groups in total. The maximum absolute atomic E-state index is 12.3. The normalized spacial score (nSPS) is 16.2. The van der Waals surface area contributed by atoms with Crippen LogP contribution in [0.15, 0.2) is 12.1 Å². The molecule has 1 aliphatic carbocycles. The van der Waals surface area contributed by atoms with Gasteiger partial charge in [0.05, 0.1) is 27.4 Å². The highest BCUT2D eigenvalue weighted by Gasteiger charge is 2.21. The zero-order valence-corrected chi connectivity index (χ0v) is 15.5. The van der Waals surface area contributed by atoms with Gasteiger partial charge in [0.15, 0.2) is 11.5 Å². The van der Waals surface area contributed by atoms with E-state index in [9.17, 15) is 4.79 Å². The summed E-state index contributed by atoms with van der Waals surface area (Å²) in [6.45, 7) is 0.334. The van der Waals surface area contributed by atoms with Crippen LogP contribution < -0.4 is 25.3 Å². The summed E-state index contributed by atoms with van der Waals surface area (Å²) in [4.78, 5) is 12.3. The minimum atomic E-state index is -0.464. The number of nitrogens with two attached hydrogens (primary N) is 1. The third-order valence-corrected chi connectivity index (χ3v) is 4.89. The van der Waals surface area contributed by atoms with Crippen LogP contribution in [-0.2, 0) is 11.3 Å². The van der Waals surface area contributed by atoms with Crippen LogP contribution in [0.5, 0.6) is 17.2 Å². The second-order valence-corrected chi connectivity index (χ2v) is 6.58. The first-order chi connectivity index (χ1) is 12.1. The van der Waals surface area contributed by atoms with Crippen molar-refractivity contribution in [2.45, 2.75) is 51.1 Å². The van der Waals surface area contributed by atoms with Gasteiger partial charge in [0.25, 0.3) is 0 Å². The third-order valence-electron chi connectivity index (χ3n) is 4.89. The molecule has 1 fully saturated rings. The van der Waals surface area contributed by atoms with Crippen molar-refractivity contribution < 1.29 is 19.0 Å². The molecule has 140 valence electrons. The Hall–Kier alpha value is -1.95. The number of rotatable bonds is 8. The van der Waals surface area contributed by atoms with Gasteiger partial charge in [0.2, 0.25) is 5.91 Å². The van der Waals surface area contributed by atoms with Crippen molar-refractivity contribution in [3.05, 3.63) is 17.7 Å². The van der Waals surface area contributed by atoms with Crippen LogP contribution >= 0.6 is 0 Å². The number of methoxy groups -OCH3 is 3. The molecule has 6 nitrogen and oxygen atoms in total. The summed E-state index contributed by atoms with van der Waals surface area (Å²) in [6, 6.07) is 3.10. The van der Waals surface area contributed by atoms with E-state index >= 15 is 0 Å². The average Bonchev–Trinajstić information content (AvgIpc) is 2.65. The van der Waals surface area contributed by atoms with E-state index < -0.39 is 6.04 Å². The molecular formula is C19H30N2O4. The summed E-state index contributed by atoms with van der Waals surface area (Å²) in [7, 11) is 4.73. The SMILES string of the molecule is COc1cc(OC)c(OC)cc1CNC(=O)C(N)CC1CCCCC1. The molecule has 1 saturated carbocycles. The first-order valence-corrected chi connectivity index (χ1v) is 8.91. The first kappa shape index (κ1) is 19.4. The van der Waals surface area contributed by atoms with E-state index in [1.54, 1.807) is 27.4 Å². The summed E-state index contributed by atoms with van der Waals surface area (Å²) in [5.74, 6) is 2.27. The van der Waals surface area contributed by atoms with Gasteiger partial charge in [-0.25, -0.2) is 0 Å². The number of nitrogens with one attached hydrogen (secondary N) is 1. The molecule has 0 aliphatic heterocycles. The fourth-order valence-electron chi connectivity index (χ4n) is 3.43. The van der Waals surface area contributed by atoms with E-state index in [2.05, 4.69) is 5.32 Å². The topological polar surface area (TPSA) is 82.8 Å². The van der Waals surface area contributed by atoms with Crippen LogP contribution in [-0.4, -0.2) is 33.3 Å². The van der Waals surface area contributed by atoms with Crippen LogP contribution in [0.2, 0.25) is 0 Å². The van der Waals surface area contributed by atoms with Crippen molar-refractivity contribution in [3.63, 3.8) is 0 Å². The summed E-state index contributed by atoms with van der Waals surface area (Å²) in [5.41, 5.74) is 6.91. The Labute approximate surface area is 150 Å². The van der Waals surface area contributed by atoms with Gasteiger partial charge >= 0.3 is 0 Å². The van der Waals surface area contributed by atoms with Crippen molar-refractivity contribution >= 4 is 5.91 Å². The van der Waals surface area contributed by atoms with E-state index in [1.807, 2.05) is 6.07 Å². The molecule has 25 heavy (non-hydrogen) atoms. The molecule has 1 atom stereocenters. The highest BCUT2D eigenvalue weighted by molar-refractivity contribution is 5.81. The minimum Gasteiger partial charge on any atom is -0.496 e. The van der Waals surface area contributed by atoms with Crippen LogP contribution in [0.1, 0.15) is 44.1 Å². The van der Waals surface area contributed by atoms with Crippen LogP contribution in [0.4, 0.5) is 0 Å². The predicted octanol–water partition coefficient (Wildman–Crippen LogP) is 2.63. The molecule has 1 aliphatic rings. The number of hydrogen-bond acceptors (Lipinski definition) is 5. The molecule has 1 amide bonds. The molecule has 0 saturated heterocycles. The highest BCUT2D eigenvalue weighted by atomic mass is 16.5. The van der Waals surface area contributed by atoms with Gasteiger partial charge in [-0.05, 0) is 18.4 Å². The van der Waals surface area contributed by atoms with Gasteiger partial charge in [0.1, 0.15) is 5.75 Å². The van der Waals surface area contributed by atoms with Gasteiger partial charge in [-0.2, -0.15) is 0 Å². The quantitative estimate of drug-likeness (QED) is 0.753. The van der Waals surface area contributed by atoms with E-state index in [-0.39, 0.29) is 5.91 Å². The van der Waals surface area contributed by atoms with E-state index in [1.165, 1.54) is 32.1 Å². The van der Waals surface area contributed by atoms with E-state index in [0.717, 1.165) is 12.0 Å². The van der Waals surface area contributed by atoms with Crippen molar-refractivity contribution in [1.29, 1.82) is 0 Å². The summed E-state index contributed by atoms with van der Waals surface area (Å²) in [5, 5.41) is 2.91. The average molecular weight is 350 g/mol. The van der Waals surface area contributed by atoms with Crippen LogP contribution in [0, 0.1) is 5.92 Å². The lowest BCUT2D eigenvalue weighted by atomic mass is 9.85. The van der Waals surface area contributed by atoms with Crippen LogP contribution in [0.25, 0.3) is 0 Å². The molecule has 1 aromatic carbocycles. The monoisotopic (exact) mass is 350 g/mol. The maximum atomic E-state index is 12.3. The number of benzene rings is 1. The van der Waals surface area contributed by atoms with E-state index in [0.29, 0.717) is 29.7 Å². The van der Waals surface area contributed by atoms with E-state index in [4.69, 9.17) is 19.9 Å². The van der Waals surface area contributed by atoms with Gasteiger partial charge in [-0.1, -0.05) is 32.1 Å². The van der Waals surface area contributed by atoms with Gasteiger partial charge in [0, 0.05) is 18.2 Å². The number of ether oxygens (including phenoxy) is 3. The molecule has 6 heteroatoms. The Morgan fingerprint density at radius 3 is 2.28 bits per heavy atom. The molecule has 2 rings (SSSR count). The summed E-state index contributed by atoms with van der Waals surface area (Å²) < 4.78 is 16.0. The smallest absolute Gasteiger partial charge is 0.237 e. The Morgan fingerprint density at radius 2 is 1.68 bits per heavy atom. The Morgan fingerprint density at radius 1 is 1.08 bits per heavy atom. The fraction of sp³-hybridized carbons (Fsp3) is 0.632. The number of amides is 1. The van der Waals surface area contributed by atoms with Gasteiger partial charge in [-0.3, -0.25) is 4.79 Å². The molecule has 0 bridgehead atoms. The van der Waals surface area contributed by atoms with Crippen molar-refractivity contribution in [2.24, 2.45) is 11.7 Å². The van der Waals surface area contributed by atoms with Crippen molar-refractivity contribution in [1.82, 2.24) is 5.32 Å². The Kier molecular flexibility index (Phi) is 7.37. The molecule has 0 heterocycles. The standard InChI is InChI=1S/C19H30N2O4/c1-23-16-11-18(25-3)17(24-2)10-14(16)12-21-19(22)15(20)9-13-7-5-4-6-8-13/h10-11,13,15H,4-9,12,20H2,1-3H3,(H,21,22). The lowest BCUT2D eigenvalue weighted by Gasteiger charge is -2.24. The van der Waals surface area contributed by atoms with Crippen molar-refractivity contribution in [3.8, 4) is 17.2 Å². The number of carbonyl (C=O) groups is 1. The molecule has 0 spiro atoms. The molecule has 1 unspecified atom stereocenters. The largest absolute Gasteiger partial charge is 0.496 e. The number of hydrogen-bond donors (Lipinski definition) is 2. The van der Waals surface area contributed by atoms with Gasteiger partial charge in [-0.15, -0.1) is 0 Å². The first-order valence-electron chi connectivity index (χ1n) is 8.91. The molecule has 1 aromatic rings. The van der Waals surface area contributed by atoms with Crippen molar-refractivity contribution in [2.75, 3.05) is 21.3 Å². The predicted molar refractivity (Wildman–Crippen MR) is 97.1 cm³/mol. The molecule has 0 aromatic heterocycles. The maximum Gasteiger partial charge on any atom is 0.237 e. The zero-order valence-electron chi connectivity index (χ0n) is 15.5. The Bertz CT molecular complexity index is 571. The lowest BCUT2D eigenvalue weighted by Crippen LogP contribution is -2.41.